The minimum atomic E-state index is 0.281. The largest absolute Gasteiger partial charge is 0.454 e. The monoisotopic (exact) mass is 347 g/mol. The summed E-state index contributed by atoms with van der Waals surface area (Å²) in [5, 5.41) is 3.56. The van der Waals surface area contributed by atoms with Crippen molar-refractivity contribution < 1.29 is 9.47 Å². The van der Waals surface area contributed by atoms with Gasteiger partial charge in [0.25, 0.3) is 0 Å². The molecule has 0 fully saturated rings. The molecule has 25 heavy (non-hydrogen) atoms. The number of nitrogens with one attached hydrogen (secondary N) is 1. The van der Waals surface area contributed by atoms with Crippen LogP contribution >= 0.6 is 11.8 Å². The molecule has 0 aliphatic carbocycles. The standard InChI is InChI=1S/C21H17NO2S/c1-13(15-6-8-18-19(11-15)24-12-23-18)14-7-9-21-17(10-14)22-16-4-2-3-5-20(16)25-21/h2-11,13,22H,12H2,1H3. The van der Waals surface area contributed by atoms with E-state index >= 15 is 0 Å². The molecule has 2 aliphatic rings. The predicted molar refractivity (Wildman–Crippen MR) is 100 cm³/mol. The zero-order chi connectivity index (χ0) is 16.8. The van der Waals surface area contributed by atoms with E-state index in [0.717, 1.165) is 11.5 Å². The molecule has 0 radical (unpaired) electrons. The average molecular weight is 347 g/mol. The average Bonchev–Trinajstić information content (AvgIpc) is 3.13. The van der Waals surface area contributed by atoms with E-state index in [-0.39, 0.29) is 5.92 Å². The molecular weight excluding hydrogens is 330 g/mol. The van der Waals surface area contributed by atoms with E-state index in [1.165, 1.54) is 32.3 Å². The fraction of sp³-hybridized carbons (Fsp3) is 0.143. The number of fused-ring (bicyclic) bond motifs is 3. The van der Waals surface area contributed by atoms with Crippen molar-refractivity contribution in [3.63, 3.8) is 0 Å². The van der Waals surface area contributed by atoms with Crippen molar-refractivity contribution in [3.05, 3.63) is 71.8 Å². The van der Waals surface area contributed by atoms with E-state index in [1.54, 1.807) is 0 Å². The van der Waals surface area contributed by atoms with Crippen LogP contribution in [0.15, 0.2) is 70.5 Å². The van der Waals surface area contributed by atoms with Crippen molar-refractivity contribution in [1.82, 2.24) is 0 Å². The highest BCUT2D eigenvalue weighted by molar-refractivity contribution is 7.99. The minimum Gasteiger partial charge on any atom is -0.454 e. The van der Waals surface area contributed by atoms with Crippen LogP contribution < -0.4 is 14.8 Å². The molecule has 1 N–H and O–H groups in total. The number of rotatable bonds is 2. The second-order valence-electron chi connectivity index (χ2n) is 6.31. The Morgan fingerprint density at radius 3 is 2.56 bits per heavy atom. The lowest BCUT2D eigenvalue weighted by molar-refractivity contribution is 0.174. The van der Waals surface area contributed by atoms with Crippen LogP contribution in [-0.2, 0) is 0 Å². The fourth-order valence-electron chi connectivity index (χ4n) is 3.30. The van der Waals surface area contributed by atoms with Crippen molar-refractivity contribution >= 4 is 23.1 Å². The molecule has 0 spiro atoms. The van der Waals surface area contributed by atoms with Crippen LogP contribution in [0.25, 0.3) is 0 Å². The van der Waals surface area contributed by atoms with Gasteiger partial charge in [0.1, 0.15) is 0 Å². The van der Waals surface area contributed by atoms with Gasteiger partial charge in [-0.25, -0.2) is 0 Å². The number of hydrogen-bond acceptors (Lipinski definition) is 4. The summed E-state index contributed by atoms with van der Waals surface area (Å²) in [5.41, 5.74) is 4.86. The lowest BCUT2D eigenvalue weighted by atomic mass is 9.92. The van der Waals surface area contributed by atoms with Crippen LogP contribution in [-0.4, -0.2) is 6.79 Å². The van der Waals surface area contributed by atoms with Crippen LogP contribution in [0.3, 0.4) is 0 Å². The molecule has 0 amide bonds. The second kappa shape index (κ2) is 5.74. The predicted octanol–water partition coefficient (Wildman–Crippen LogP) is 5.78. The highest BCUT2D eigenvalue weighted by atomic mass is 32.2. The Hall–Kier alpha value is -2.59. The van der Waals surface area contributed by atoms with E-state index in [4.69, 9.17) is 9.47 Å². The number of anilines is 2. The molecule has 0 saturated carbocycles. The Kier molecular flexibility index (Phi) is 3.38. The number of hydrogen-bond donors (Lipinski definition) is 1. The maximum atomic E-state index is 5.52. The van der Waals surface area contributed by atoms with Crippen LogP contribution in [0.4, 0.5) is 11.4 Å². The minimum absolute atomic E-state index is 0.281. The fourth-order valence-corrected chi connectivity index (χ4v) is 4.27. The van der Waals surface area contributed by atoms with Gasteiger partial charge in [-0.1, -0.05) is 43.0 Å². The van der Waals surface area contributed by atoms with Gasteiger partial charge < -0.3 is 14.8 Å². The van der Waals surface area contributed by atoms with Gasteiger partial charge in [-0.15, -0.1) is 0 Å². The molecule has 2 aliphatic heterocycles. The van der Waals surface area contributed by atoms with Gasteiger partial charge in [0.15, 0.2) is 11.5 Å². The third-order valence-corrected chi connectivity index (χ3v) is 5.93. The van der Waals surface area contributed by atoms with Crippen LogP contribution in [0.1, 0.15) is 24.0 Å². The van der Waals surface area contributed by atoms with Gasteiger partial charge in [-0.3, -0.25) is 0 Å². The van der Waals surface area contributed by atoms with Crippen molar-refractivity contribution in [2.45, 2.75) is 22.6 Å². The van der Waals surface area contributed by atoms with E-state index in [0.29, 0.717) is 6.79 Å². The first kappa shape index (κ1) is 14.7. The van der Waals surface area contributed by atoms with Crippen molar-refractivity contribution in [2.24, 2.45) is 0 Å². The van der Waals surface area contributed by atoms with Crippen LogP contribution in [0, 0.1) is 0 Å². The molecule has 4 heteroatoms. The quantitative estimate of drug-likeness (QED) is 0.498. The first-order valence-electron chi connectivity index (χ1n) is 8.35. The molecule has 1 atom stereocenters. The van der Waals surface area contributed by atoms with Gasteiger partial charge in [0.2, 0.25) is 6.79 Å². The first-order valence-corrected chi connectivity index (χ1v) is 9.17. The molecule has 3 aromatic rings. The smallest absolute Gasteiger partial charge is 0.231 e. The van der Waals surface area contributed by atoms with Crippen LogP contribution in [0.5, 0.6) is 11.5 Å². The Morgan fingerprint density at radius 2 is 1.60 bits per heavy atom. The van der Waals surface area contributed by atoms with Crippen molar-refractivity contribution in [3.8, 4) is 11.5 Å². The molecule has 0 aromatic heterocycles. The maximum absolute atomic E-state index is 5.52. The summed E-state index contributed by atoms with van der Waals surface area (Å²) in [5.74, 6) is 1.95. The highest BCUT2D eigenvalue weighted by Crippen LogP contribution is 2.45. The SMILES string of the molecule is CC(c1ccc2c(c1)Nc1ccccc1S2)c1ccc2c(c1)OCO2. The van der Waals surface area contributed by atoms with Gasteiger partial charge in [-0.05, 0) is 47.5 Å². The molecule has 1 unspecified atom stereocenters. The Bertz CT molecular complexity index is 970. The van der Waals surface area contributed by atoms with E-state index < -0.39 is 0 Å². The van der Waals surface area contributed by atoms with Gasteiger partial charge >= 0.3 is 0 Å². The summed E-state index contributed by atoms with van der Waals surface area (Å²) in [4.78, 5) is 2.53. The summed E-state index contributed by atoms with van der Waals surface area (Å²) in [6, 6.07) is 21.3. The summed E-state index contributed by atoms with van der Waals surface area (Å²) in [7, 11) is 0. The van der Waals surface area contributed by atoms with E-state index in [9.17, 15) is 0 Å². The third kappa shape index (κ3) is 2.53. The lowest BCUT2D eigenvalue weighted by Gasteiger charge is -2.22. The summed E-state index contributed by atoms with van der Waals surface area (Å²) < 4.78 is 10.9. The lowest BCUT2D eigenvalue weighted by Crippen LogP contribution is -2.02. The van der Waals surface area contributed by atoms with Gasteiger partial charge in [0.05, 0.1) is 11.4 Å². The highest BCUT2D eigenvalue weighted by Gasteiger charge is 2.19. The molecule has 124 valence electrons. The maximum Gasteiger partial charge on any atom is 0.231 e. The Labute approximate surface area is 151 Å². The van der Waals surface area contributed by atoms with Gasteiger partial charge in [0, 0.05) is 15.7 Å². The summed E-state index contributed by atoms with van der Waals surface area (Å²) in [6.45, 7) is 2.54. The molecule has 3 aromatic carbocycles. The van der Waals surface area contributed by atoms with Crippen LogP contribution in [0.2, 0.25) is 0 Å². The first-order chi connectivity index (χ1) is 12.3. The topological polar surface area (TPSA) is 30.5 Å². The van der Waals surface area contributed by atoms with E-state index in [2.05, 4.69) is 66.8 Å². The normalized spacial score (nSPS) is 15.1. The molecule has 2 heterocycles. The zero-order valence-corrected chi connectivity index (χ0v) is 14.6. The summed E-state index contributed by atoms with van der Waals surface area (Å²) in [6.07, 6.45) is 0. The third-order valence-electron chi connectivity index (χ3n) is 4.78. The number of para-hydroxylation sites is 1. The van der Waals surface area contributed by atoms with Crippen molar-refractivity contribution in [1.29, 1.82) is 0 Å². The Balaban J connectivity index is 1.47. The number of benzene rings is 3. The number of ether oxygens (including phenoxy) is 2. The molecule has 0 saturated heterocycles. The molecular formula is C21H17NO2S. The van der Waals surface area contributed by atoms with Crippen molar-refractivity contribution in [2.75, 3.05) is 12.1 Å². The second-order valence-corrected chi connectivity index (χ2v) is 7.40. The molecule has 3 nitrogen and oxygen atoms in total. The van der Waals surface area contributed by atoms with E-state index in [1.807, 2.05) is 17.8 Å². The zero-order valence-electron chi connectivity index (χ0n) is 13.8. The molecule has 5 rings (SSSR count). The Morgan fingerprint density at radius 1 is 0.840 bits per heavy atom. The van der Waals surface area contributed by atoms with Gasteiger partial charge in [-0.2, -0.15) is 0 Å². The summed E-state index contributed by atoms with van der Waals surface area (Å²) >= 11 is 1.82. The molecule has 0 bridgehead atoms.